The fraction of sp³-hybridized carbons (Fsp3) is 0.200. The van der Waals surface area contributed by atoms with Gasteiger partial charge in [-0.2, -0.15) is 5.26 Å². The number of benzene rings is 1. The molecule has 0 aliphatic carbocycles. The number of hydrogen-bond donors (Lipinski definition) is 1. The maximum Gasteiger partial charge on any atom is 0.176 e. The number of anilines is 1. The van der Waals surface area contributed by atoms with Gasteiger partial charge in [-0.25, -0.2) is 0 Å². The standard InChI is InChI=1S/C10H9BrN2O2/c1-15-9-3-2-7(13)10(6(9)5-12)8(14)4-11/h2-3H,4,13H2,1H3. The average molecular weight is 269 g/mol. The number of nitrogens with two attached hydrogens (primary N) is 1. The molecule has 0 aliphatic rings. The van der Waals surface area contributed by atoms with E-state index in [0.29, 0.717) is 5.75 Å². The Kier molecular flexibility index (Phi) is 3.69. The summed E-state index contributed by atoms with van der Waals surface area (Å²) in [4.78, 5) is 11.5. The van der Waals surface area contributed by atoms with Crippen molar-refractivity contribution in [2.24, 2.45) is 0 Å². The van der Waals surface area contributed by atoms with Crippen molar-refractivity contribution in [1.29, 1.82) is 5.26 Å². The van der Waals surface area contributed by atoms with Gasteiger partial charge in [0.1, 0.15) is 17.4 Å². The number of hydrogen-bond acceptors (Lipinski definition) is 4. The molecular weight excluding hydrogens is 260 g/mol. The smallest absolute Gasteiger partial charge is 0.176 e. The van der Waals surface area contributed by atoms with Gasteiger partial charge in [0, 0.05) is 5.69 Å². The van der Waals surface area contributed by atoms with Crippen molar-refractivity contribution in [3.63, 3.8) is 0 Å². The van der Waals surface area contributed by atoms with Crippen LogP contribution in [-0.4, -0.2) is 18.2 Å². The quantitative estimate of drug-likeness (QED) is 0.515. The Labute approximate surface area is 95.8 Å². The van der Waals surface area contributed by atoms with Gasteiger partial charge in [0.2, 0.25) is 0 Å². The lowest BCUT2D eigenvalue weighted by Gasteiger charge is -2.09. The molecule has 0 heterocycles. The van der Waals surface area contributed by atoms with E-state index in [1.807, 2.05) is 6.07 Å². The summed E-state index contributed by atoms with van der Waals surface area (Å²) in [5.41, 5.74) is 6.34. The highest BCUT2D eigenvalue weighted by Gasteiger charge is 2.17. The second-order valence-electron chi connectivity index (χ2n) is 2.78. The number of Topliss-reactive ketones (excluding diaryl/α,β-unsaturated/α-hetero) is 1. The Morgan fingerprint density at radius 2 is 2.33 bits per heavy atom. The number of alkyl halides is 1. The van der Waals surface area contributed by atoms with Gasteiger partial charge in [-0.1, -0.05) is 15.9 Å². The number of carbonyl (C=O) groups excluding carboxylic acids is 1. The predicted octanol–water partition coefficient (Wildman–Crippen LogP) is 1.73. The van der Waals surface area contributed by atoms with E-state index in [2.05, 4.69) is 15.9 Å². The fourth-order valence-electron chi connectivity index (χ4n) is 1.25. The predicted molar refractivity (Wildman–Crippen MR) is 60.2 cm³/mol. The molecule has 1 aromatic carbocycles. The van der Waals surface area contributed by atoms with Gasteiger partial charge in [0.05, 0.1) is 18.0 Å². The highest BCUT2D eigenvalue weighted by Crippen LogP contribution is 2.27. The maximum atomic E-state index is 11.5. The molecule has 1 aromatic rings. The zero-order valence-electron chi connectivity index (χ0n) is 8.08. The van der Waals surface area contributed by atoms with Crippen molar-refractivity contribution in [1.82, 2.24) is 0 Å². The van der Waals surface area contributed by atoms with Gasteiger partial charge < -0.3 is 10.5 Å². The largest absolute Gasteiger partial charge is 0.495 e. The molecule has 0 aliphatic heterocycles. The molecule has 1 rings (SSSR count). The van der Waals surface area contributed by atoms with Crippen LogP contribution in [0.1, 0.15) is 15.9 Å². The maximum absolute atomic E-state index is 11.5. The van der Waals surface area contributed by atoms with Crippen LogP contribution < -0.4 is 10.5 Å². The van der Waals surface area contributed by atoms with E-state index in [9.17, 15) is 4.79 Å². The van der Waals surface area contributed by atoms with Crippen molar-refractivity contribution in [2.45, 2.75) is 0 Å². The van der Waals surface area contributed by atoms with E-state index in [-0.39, 0.29) is 27.9 Å². The molecule has 0 atom stereocenters. The summed E-state index contributed by atoms with van der Waals surface area (Å²) in [7, 11) is 1.44. The first kappa shape index (κ1) is 11.5. The molecule has 2 N–H and O–H groups in total. The van der Waals surface area contributed by atoms with Crippen LogP contribution in [0.4, 0.5) is 5.69 Å². The van der Waals surface area contributed by atoms with Crippen LogP contribution in [0.5, 0.6) is 5.75 Å². The third-order valence-electron chi connectivity index (χ3n) is 1.93. The molecule has 0 saturated carbocycles. The number of methoxy groups -OCH3 is 1. The number of ketones is 1. The van der Waals surface area contributed by atoms with E-state index in [1.54, 1.807) is 12.1 Å². The van der Waals surface area contributed by atoms with E-state index in [4.69, 9.17) is 15.7 Å². The van der Waals surface area contributed by atoms with Crippen molar-refractivity contribution < 1.29 is 9.53 Å². The van der Waals surface area contributed by atoms with Gasteiger partial charge in [-0.15, -0.1) is 0 Å². The molecule has 4 nitrogen and oxygen atoms in total. The summed E-state index contributed by atoms with van der Waals surface area (Å²) in [6.07, 6.45) is 0. The fourth-order valence-corrected chi connectivity index (χ4v) is 1.53. The number of nitrogen functional groups attached to an aromatic ring is 1. The summed E-state index contributed by atoms with van der Waals surface area (Å²) in [5.74, 6) is 0.124. The van der Waals surface area contributed by atoms with E-state index in [0.717, 1.165) is 0 Å². The Hall–Kier alpha value is -1.54. The SMILES string of the molecule is COc1ccc(N)c(C(=O)CBr)c1C#N. The van der Waals surface area contributed by atoms with Gasteiger partial charge in [0.25, 0.3) is 0 Å². The van der Waals surface area contributed by atoms with Crippen LogP contribution in [0.15, 0.2) is 12.1 Å². The Morgan fingerprint density at radius 3 is 2.80 bits per heavy atom. The lowest BCUT2D eigenvalue weighted by Crippen LogP contribution is -2.08. The zero-order chi connectivity index (χ0) is 11.4. The molecule has 0 saturated heterocycles. The summed E-state index contributed by atoms with van der Waals surface area (Å²) in [6.45, 7) is 0. The first-order valence-corrected chi connectivity index (χ1v) is 5.23. The second-order valence-corrected chi connectivity index (χ2v) is 3.34. The minimum Gasteiger partial charge on any atom is -0.495 e. The van der Waals surface area contributed by atoms with Crippen molar-refractivity contribution in [3.05, 3.63) is 23.3 Å². The molecule has 5 heteroatoms. The first-order valence-electron chi connectivity index (χ1n) is 4.11. The number of nitrogens with zero attached hydrogens (tertiary/aromatic N) is 1. The van der Waals surface area contributed by atoms with Crippen LogP contribution in [-0.2, 0) is 0 Å². The van der Waals surface area contributed by atoms with Gasteiger partial charge in [0.15, 0.2) is 5.78 Å². The molecule has 0 spiro atoms. The van der Waals surface area contributed by atoms with Gasteiger partial charge >= 0.3 is 0 Å². The van der Waals surface area contributed by atoms with Crippen molar-refractivity contribution in [2.75, 3.05) is 18.2 Å². The van der Waals surface area contributed by atoms with E-state index >= 15 is 0 Å². The molecule has 0 radical (unpaired) electrons. The van der Waals surface area contributed by atoms with Crippen LogP contribution in [0, 0.1) is 11.3 Å². The number of carbonyl (C=O) groups is 1. The Balaban J connectivity index is 3.47. The molecule has 15 heavy (non-hydrogen) atoms. The zero-order valence-corrected chi connectivity index (χ0v) is 9.67. The highest BCUT2D eigenvalue weighted by atomic mass is 79.9. The van der Waals surface area contributed by atoms with Crippen LogP contribution in [0.25, 0.3) is 0 Å². The topological polar surface area (TPSA) is 76.1 Å². The molecule has 0 fully saturated rings. The molecule has 0 unspecified atom stereocenters. The third-order valence-corrected chi connectivity index (χ3v) is 2.44. The summed E-state index contributed by atoms with van der Waals surface area (Å²) < 4.78 is 4.98. The first-order chi connectivity index (χ1) is 7.15. The number of ether oxygens (including phenoxy) is 1. The van der Waals surface area contributed by atoms with Crippen molar-refractivity contribution in [3.8, 4) is 11.8 Å². The lowest BCUT2D eigenvalue weighted by molar-refractivity contribution is 0.102. The molecule has 0 amide bonds. The van der Waals surface area contributed by atoms with Gasteiger partial charge in [-0.3, -0.25) is 4.79 Å². The number of rotatable bonds is 3. The lowest BCUT2D eigenvalue weighted by atomic mass is 10.0. The number of nitriles is 1. The van der Waals surface area contributed by atoms with E-state index in [1.165, 1.54) is 7.11 Å². The van der Waals surface area contributed by atoms with E-state index < -0.39 is 0 Å². The highest BCUT2D eigenvalue weighted by molar-refractivity contribution is 9.09. The molecule has 0 aromatic heterocycles. The second kappa shape index (κ2) is 4.80. The summed E-state index contributed by atoms with van der Waals surface area (Å²) in [6, 6.07) is 5.04. The Morgan fingerprint density at radius 1 is 1.67 bits per heavy atom. The Bertz CT molecular complexity index is 438. The number of halogens is 1. The molecular formula is C10H9BrN2O2. The molecule has 0 bridgehead atoms. The minimum atomic E-state index is -0.233. The summed E-state index contributed by atoms with van der Waals surface area (Å²) in [5, 5.41) is 9.07. The normalized spacial score (nSPS) is 9.40. The minimum absolute atomic E-state index is 0.124. The van der Waals surface area contributed by atoms with Gasteiger partial charge in [-0.05, 0) is 12.1 Å². The third kappa shape index (κ3) is 2.10. The van der Waals surface area contributed by atoms with Crippen molar-refractivity contribution >= 4 is 27.4 Å². The van der Waals surface area contributed by atoms with Crippen LogP contribution in [0.3, 0.4) is 0 Å². The molecule has 78 valence electrons. The monoisotopic (exact) mass is 268 g/mol. The average Bonchev–Trinajstić information content (AvgIpc) is 2.27. The van der Waals surface area contributed by atoms with Crippen LogP contribution in [0.2, 0.25) is 0 Å². The summed E-state index contributed by atoms with van der Waals surface area (Å²) >= 11 is 3.04. The van der Waals surface area contributed by atoms with Crippen LogP contribution >= 0.6 is 15.9 Å².